The lowest BCUT2D eigenvalue weighted by atomic mass is 10.0. The third-order valence-electron chi connectivity index (χ3n) is 5.52. The summed E-state index contributed by atoms with van der Waals surface area (Å²) in [7, 11) is 3.25. The van der Waals surface area contributed by atoms with Crippen LogP contribution in [0.15, 0.2) is 36.4 Å². The van der Waals surface area contributed by atoms with Crippen LogP contribution in [0.25, 0.3) is 10.9 Å². The second kappa shape index (κ2) is 7.25. The molecule has 142 valence electrons. The first-order valence-corrected chi connectivity index (χ1v) is 9.32. The van der Waals surface area contributed by atoms with Crippen LogP contribution in [0, 0.1) is 6.92 Å². The van der Waals surface area contributed by atoms with Crippen LogP contribution in [0.5, 0.6) is 11.5 Å². The summed E-state index contributed by atoms with van der Waals surface area (Å²) < 4.78 is 10.7. The van der Waals surface area contributed by atoms with E-state index in [1.165, 1.54) is 27.7 Å². The smallest absolute Gasteiger partial charge is 0.124 e. The zero-order chi connectivity index (χ0) is 19.0. The van der Waals surface area contributed by atoms with Crippen molar-refractivity contribution in [3.8, 4) is 11.5 Å². The van der Waals surface area contributed by atoms with Crippen molar-refractivity contribution in [3.05, 3.63) is 58.8 Å². The van der Waals surface area contributed by atoms with Gasteiger partial charge in [-0.2, -0.15) is 0 Å². The number of H-pyrrole nitrogens is 1. The van der Waals surface area contributed by atoms with Crippen LogP contribution in [0.4, 0.5) is 0 Å². The number of methoxy groups -OCH3 is 2. The van der Waals surface area contributed by atoms with Gasteiger partial charge in [0.05, 0.1) is 20.3 Å². The van der Waals surface area contributed by atoms with E-state index in [4.69, 9.17) is 9.47 Å². The Hall–Kier alpha value is -2.50. The predicted octanol–water partition coefficient (Wildman–Crippen LogP) is 3.59. The van der Waals surface area contributed by atoms with Gasteiger partial charge in [0.15, 0.2) is 0 Å². The van der Waals surface area contributed by atoms with Gasteiger partial charge in [-0.25, -0.2) is 0 Å². The number of rotatable bonds is 5. The first-order chi connectivity index (χ1) is 13.1. The van der Waals surface area contributed by atoms with E-state index in [9.17, 15) is 5.11 Å². The molecule has 3 aromatic rings. The molecule has 27 heavy (non-hydrogen) atoms. The maximum Gasteiger partial charge on any atom is 0.124 e. The van der Waals surface area contributed by atoms with Gasteiger partial charge < -0.3 is 19.6 Å². The maximum atomic E-state index is 10.9. The fraction of sp³-hybridized carbons (Fsp3) is 0.364. The number of aliphatic hydroxyl groups is 1. The molecule has 0 saturated heterocycles. The van der Waals surface area contributed by atoms with Gasteiger partial charge in [-0.3, -0.25) is 4.90 Å². The summed E-state index contributed by atoms with van der Waals surface area (Å²) in [4.78, 5) is 5.90. The SMILES string of the molecule is COc1ccc(OC)c([C@@H](O)CN2CCc3[nH]c4c(C)cccc4c3C2)c1. The molecular weight excluding hydrogens is 340 g/mol. The Bertz CT molecular complexity index is 964. The number of benzene rings is 2. The van der Waals surface area contributed by atoms with Crippen molar-refractivity contribution in [1.82, 2.24) is 9.88 Å². The summed E-state index contributed by atoms with van der Waals surface area (Å²) in [5.74, 6) is 1.40. The lowest BCUT2D eigenvalue weighted by molar-refractivity contribution is 0.103. The molecular formula is C22H26N2O3. The van der Waals surface area contributed by atoms with Gasteiger partial charge in [0.1, 0.15) is 11.5 Å². The molecule has 5 nitrogen and oxygen atoms in total. The number of β-amino-alcohol motifs (C(OH)–C–C–N with tert-alkyl or cyclic N) is 1. The first-order valence-electron chi connectivity index (χ1n) is 9.32. The second-order valence-corrected chi connectivity index (χ2v) is 7.19. The Morgan fingerprint density at radius 1 is 1.19 bits per heavy atom. The van der Waals surface area contributed by atoms with Crippen LogP contribution >= 0.6 is 0 Å². The fourth-order valence-electron chi connectivity index (χ4n) is 4.04. The maximum absolute atomic E-state index is 10.9. The molecule has 0 bridgehead atoms. The second-order valence-electron chi connectivity index (χ2n) is 7.19. The number of aliphatic hydroxyl groups excluding tert-OH is 1. The van der Waals surface area contributed by atoms with E-state index in [1.54, 1.807) is 14.2 Å². The molecule has 0 amide bonds. The molecule has 1 aliphatic heterocycles. The highest BCUT2D eigenvalue weighted by atomic mass is 16.5. The lowest BCUT2D eigenvalue weighted by Gasteiger charge is -2.29. The van der Waals surface area contributed by atoms with Crippen LogP contribution in [0.3, 0.4) is 0 Å². The summed E-state index contributed by atoms with van der Waals surface area (Å²) in [5.41, 5.74) is 5.94. The molecule has 0 spiro atoms. The predicted molar refractivity (Wildman–Crippen MR) is 107 cm³/mol. The number of nitrogens with one attached hydrogen (secondary N) is 1. The van der Waals surface area contributed by atoms with Gasteiger partial charge in [-0.05, 0) is 36.2 Å². The van der Waals surface area contributed by atoms with E-state index < -0.39 is 6.10 Å². The monoisotopic (exact) mass is 366 g/mol. The Balaban J connectivity index is 1.57. The molecule has 4 rings (SSSR count). The van der Waals surface area contributed by atoms with Crippen LogP contribution in [-0.2, 0) is 13.0 Å². The third-order valence-corrected chi connectivity index (χ3v) is 5.52. The molecule has 1 aliphatic rings. The van der Waals surface area contributed by atoms with E-state index in [0.717, 1.165) is 30.8 Å². The van der Waals surface area contributed by atoms with E-state index in [0.29, 0.717) is 12.3 Å². The molecule has 5 heteroatoms. The van der Waals surface area contributed by atoms with E-state index in [1.807, 2.05) is 18.2 Å². The molecule has 2 heterocycles. The van der Waals surface area contributed by atoms with Crippen LogP contribution in [-0.4, -0.2) is 42.3 Å². The number of aromatic nitrogens is 1. The average Bonchev–Trinajstić information content (AvgIpc) is 3.07. The first kappa shape index (κ1) is 17.9. The van der Waals surface area contributed by atoms with E-state index in [2.05, 4.69) is 35.0 Å². The van der Waals surface area contributed by atoms with Gasteiger partial charge in [0, 0.05) is 48.2 Å². The normalized spacial score (nSPS) is 15.6. The minimum atomic E-state index is -0.636. The number of aromatic amines is 1. The zero-order valence-electron chi connectivity index (χ0n) is 16.1. The molecule has 1 aromatic heterocycles. The third kappa shape index (κ3) is 3.29. The van der Waals surface area contributed by atoms with Gasteiger partial charge in [0.2, 0.25) is 0 Å². The minimum Gasteiger partial charge on any atom is -0.497 e. The quantitative estimate of drug-likeness (QED) is 0.725. The van der Waals surface area contributed by atoms with Gasteiger partial charge in [-0.15, -0.1) is 0 Å². The van der Waals surface area contributed by atoms with Crippen molar-refractivity contribution >= 4 is 10.9 Å². The van der Waals surface area contributed by atoms with Gasteiger partial charge in [-0.1, -0.05) is 18.2 Å². The van der Waals surface area contributed by atoms with Crippen molar-refractivity contribution < 1.29 is 14.6 Å². The number of para-hydroxylation sites is 1. The van der Waals surface area contributed by atoms with Crippen LogP contribution < -0.4 is 9.47 Å². The lowest BCUT2D eigenvalue weighted by Crippen LogP contribution is -2.33. The highest BCUT2D eigenvalue weighted by Crippen LogP contribution is 2.33. The van der Waals surface area contributed by atoms with Crippen molar-refractivity contribution in [1.29, 1.82) is 0 Å². The minimum absolute atomic E-state index is 0.557. The summed E-state index contributed by atoms with van der Waals surface area (Å²) in [6, 6.07) is 12.0. The summed E-state index contributed by atoms with van der Waals surface area (Å²) >= 11 is 0. The Morgan fingerprint density at radius 3 is 2.81 bits per heavy atom. The molecule has 2 N–H and O–H groups in total. The zero-order valence-corrected chi connectivity index (χ0v) is 16.1. The number of hydrogen-bond acceptors (Lipinski definition) is 4. The molecule has 0 saturated carbocycles. The average molecular weight is 366 g/mol. The Kier molecular flexibility index (Phi) is 4.81. The summed E-state index contributed by atoms with van der Waals surface area (Å²) in [6.45, 7) is 4.45. The molecule has 1 atom stereocenters. The van der Waals surface area contributed by atoms with Gasteiger partial charge >= 0.3 is 0 Å². The Morgan fingerprint density at radius 2 is 2.04 bits per heavy atom. The molecule has 0 aliphatic carbocycles. The van der Waals surface area contributed by atoms with Crippen molar-refractivity contribution in [2.45, 2.75) is 26.0 Å². The van der Waals surface area contributed by atoms with Crippen molar-refractivity contribution in [2.75, 3.05) is 27.3 Å². The van der Waals surface area contributed by atoms with Crippen LogP contribution in [0.2, 0.25) is 0 Å². The topological polar surface area (TPSA) is 57.7 Å². The Labute approximate surface area is 159 Å². The molecule has 0 radical (unpaired) electrons. The summed E-state index contributed by atoms with van der Waals surface area (Å²) in [5, 5.41) is 12.2. The number of hydrogen-bond donors (Lipinski definition) is 2. The highest BCUT2D eigenvalue weighted by Gasteiger charge is 2.24. The largest absolute Gasteiger partial charge is 0.497 e. The van der Waals surface area contributed by atoms with Crippen molar-refractivity contribution in [3.63, 3.8) is 0 Å². The van der Waals surface area contributed by atoms with E-state index >= 15 is 0 Å². The number of ether oxygens (including phenoxy) is 2. The molecule has 0 unspecified atom stereocenters. The van der Waals surface area contributed by atoms with Crippen molar-refractivity contribution in [2.24, 2.45) is 0 Å². The summed E-state index contributed by atoms with van der Waals surface area (Å²) in [6.07, 6.45) is 0.328. The number of nitrogens with zero attached hydrogens (tertiary/aromatic N) is 1. The molecule has 0 fully saturated rings. The fourth-order valence-corrected chi connectivity index (χ4v) is 4.04. The number of fused-ring (bicyclic) bond motifs is 3. The highest BCUT2D eigenvalue weighted by molar-refractivity contribution is 5.87. The number of aryl methyl sites for hydroxylation is 1. The van der Waals surface area contributed by atoms with Gasteiger partial charge in [0.25, 0.3) is 0 Å². The van der Waals surface area contributed by atoms with E-state index in [-0.39, 0.29) is 0 Å². The standard InChI is InChI=1S/C22H26N2O3/c1-14-5-4-6-16-18-12-24(10-9-19(18)23-22(14)16)13-20(25)17-11-15(26-2)7-8-21(17)27-3/h4-8,11,20,23,25H,9-10,12-13H2,1-3H3/t20-/m0/s1. The van der Waals surface area contributed by atoms with Crippen LogP contribution in [0.1, 0.15) is 28.5 Å². The molecule has 2 aromatic carbocycles.